The number of aryl methyl sites for hydroxylation is 2. The number of carboxylic acids is 1. The van der Waals surface area contributed by atoms with E-state index < -0.39 is 5.97 Å². The maximum Gasteiger partial charge on any atom is 0.307 e. The second kappa shape index (κ2) is 5.69. The molecule has 1 aliphatic heterocycles. The van der Waals surface area contributed by atoms with E-state index in [1.165, 1.54) is 10.4 Å². The lowest BCUT2D eigenvalue weighted by molar-refractivity contribution is -0.139. The summed E-state index contributed by atoms with van der Waals surface area (Å²) in [6.07, 6.45) is 4.58. The minimum Gasteiger partial charge on any atom is -0.481 e. The number of hydrogen-bond donors (Lipinski definition) is 1. The Morgan fingerprint density at radius 2 is 2.09 bits per heavy atom. The number of carbonyl (C=O) groups is 2. The van der Waals surface area contributed by atoms with E-state index in [4.69, 9.17) is 5.11 Å². The van der Waals surface area contributed by atoms with Gasteiger partial charge in [0.2, 0.25) is 0 Å². The Labute approximate surface area is 135 Å². The minimum absolute atomic E-state index is 0.0125. The smallest absolute Gasteiger partial charge is 0.307 e. The Morgan fingerprint density at radius 3 is 2.64 bits per heavy atom. The topological polar surface area (TPSA) is 57.6 Å². The molecule has 5 heteroatoms. The summed E-state index contributed by atoms with van der Waals surface area (Å²) in [7, 11) is 0. The maximum atomic E-state index is 12.6. The van der Waals surface area contributed by atoms with Crippen molar-refractivity contribution in [2.45, 2.75) is 46.0 Å². The van der Waals surface area contributed by atoms with Crippen LogP contribution in [0.3, 0.4) is 0 Å². The summed E-state index contributed by atoms with van der Waals surface area (Å²) in [5.74, 6) is -0.722. The third-order valence-corrected chi connectivity index (χ3v) is 6.37. The lowest BCUT2D eigenvalue weighted by atomic mass is 9.90. The van der Waals surface area contributed by atoms with Crippen molar-refractivity contribution in [3.05, 3.63) is 21.4 Å². The molecule has 2 fully saturated rings. The van der Waals surface area contributed by atoms with Gasteiger partial charge in [-0.2, -0.15) is 0 Å². The van der Waals surface area contributed by atoms with E-state index in [2.05, 4.69) is 13.8 Å². The van der Waals surface area contributed by atoms with Crippen LogP contribution in [0.2, 0.25) is 0 Å². The van der Waals surface area contributed by atoms with E-state index in [0.717, 1.165) is 37.0 Å². The van der Waals surface area contributed by atoms with Gasteiger partial charge in [0.15, 0.2) is 0 Å². The Balaban J connectivity index is 1.63. The summed E-state index contributed by atoms with van der Waals surface area (Å²) in [4.78, 5) is 27.7. The van der Waals surface area contributed by atoms with Crippen LogP contribution in [0.15, 0.2) is 6.07 Å². The first-order valence-corrected chi connectivity index (χ1v) is 8.90. The zero-order chi connectivity index (χ0) is 15.9. The first-order chi connectivity index (χ1) is 10.5. The number of amides is 1. The molecule has 22 heavy (non-hydrogen) atoms. The summed E-state index contributed by atoms with van der Waals surface area (Å²) in [6.45, 7) is 5.63. The molecule has 0 aromatic carbocycles. The number of rotatable bonds is 4. The average molecular weight is 321 g/mol. The van der Waals surface area contributed by atoms with Gasteiger partial charge < -0.3 is 10.0 Å². The summed E-state index contributed by atoms with van der Waals surface area (Å²) in [6, 6.07) is 2.05. The van der Waals surface area contributed by atoms with Crippen molar-refractivity contribution in [3.8, 4) is 0 Å². The fraction of sp³-hybridized carbons (Fsp3) is 0.647. The van der Waals surface area contributed by atoms with Crippen LogP contribution in [0.4, 0.5) is 0 Å². The van der Waals surface area contributed by atoms with Gasteiger partial charge in [0, 0.05) is 18.0 Å². The molecular weight excluding hydrogens is 298 g/mol. The van der Waals surface area contributed by atoms with E-state index in [1.54, 1.807) is 11.3 Å². The molecule has 1 saturated carbocycles. The molecule has 1 atom stereocenters. The number of piperidine rings is 1. The Bertz CT molecular complexity index is 599. The van der Waals surface area contributed by atoms with E-state index in [-0.39, 0.29) is 17.2 Å². The van der Waals surface area contributed by atoms with Gasteiger partial charge in [0.05, 0.1) is 10.8 Å². The molecule has 0 radical (unpaired) electrons. The highest BCUT2D eigenvalue weighted by Gasteiger charge is 2.59. The highest BCUT2D eigenvalue weighted by atomic mass is 32.1. The first-order valence-electron chi connectivity index (χ1n) is 8.08. The molecule has 1 N–H and O–H groups in total. The third-order valence-electron chi connectivity index (χ3n) is 5.28. The number of nitrogens with zero attached hydrogens (tertiary/aromatic N) is 1. The monoisotopic (exact) mass is 321 g/mol. The van der Waals surface area contributed by atoms with Crippen LogP contribution in [0, 0.1) is 18.3 Å². The van der Waals surface area contributed by atoms with Crippen LogP contribution in [0.1, 0.15) is 52.7 Å². The van der Waals surface area contributed by atoms with E-state index in [1.807, 2.05) is 11.0 Å². The molecule has 1 aromatic rings. The quantitative estimate of drug-likeness (QED) is 0.925. The van der Waals surface area contributed by atoms with Gasteiger partial charge in [-0.15, -0.1) is 11.3 Å². The Kier molecular flexibility index (Phi) is 4.02. The van der Waals surface area contributed by atoms with Crippen LogP contribution < -0.4 is 0 Å². The molecule has 1 unspecified atom stereocenters. The van der Waals surface area contributed by atoms with E-state index in [9.17, 15) is 9.59 Å². The fourth-order valence-electron chi connectivity index (χ4n) is 3.70. The number of aliphatic carboxylic acids is 1. The third kappa shape index (κ3) is 2.67. The van der Waals surface area contributed by atoms with Crippen molar-refractivity contribution in [2.24, 2.45) is 11.3 Å². The van der Waals surface area contributed by atoms with E-state index in [0.29, 0.717) is 13.1 Å². The highest BCUT2D eigenvalue weighted by Crippen LogP contribution is 2.59. The molecule has 1 saturated heterocycles. The molecule has 2 heterocycles. The molecule has 3 rings (SSSR count). The van der Waals surface area contributed by atoms with Crippen LogP contribution in [0.25, 0.3) is 0 Å². The standard InChI is InChI=1S/C17H23NO3S/c1-3-4-12-9-14(22-11(12)2)15(19)18-7-5-17(6-8-18)10-13(17)16(20)21/h9,13H,3-8,10H2,1-2H3,(H,20,21). The number of likely N-dealkylation sites (tertiary alicyclic amines) is 1. The molecule has 120 valence electrons. The lowest BCUT2D eigenvalue weighted by Crippen LogP contribution is -2.39. The molecule has 1 spiro atoms. The minimum atomic E-state index is -0.669. The van der Waals surface area contributed by atoms with Crippen molar-refractivity contribution in [3.63, 3.8) is 0 Å². The van der Waals surface area contributed by atoms with Crippen molar-refractivity contribution in [1.29, 1.82) is 0 Å². The molecule has 1 aliphatic carbocycles. The van der Waals surface area contributed by atoms with Crippen LogP contribution in [0.5, 0.6) is 0 Å². The van der Waals surface area contributed by atoms with Gasteiger partial charge in [-0.05, 0) is 49.7 Å². The van der Waals surface area contributed by atoms with Gasteiger partial charge in [-0.1, -0.05) is 13.3 Å². The summed E-state index contributed by atoms with van der Waals surface area (Å²) < 4.78 is 0. The molecule has 1 aromatic heterocycles. The maximum absolute atomic E-state index is 12.6. The number of hydrogen-bond acceptors (Lipinski definition) is 3. The highest BCUT2D eigenvalue weighted by molar-refractivity contribution is 7.14. The molecule has 2 aliphatic rings. The molecule has 0 bridgehead atoms. The molecule has 1 amide bonds. The average Bonchev–Trinajstić information content (AvgIpc) is 3.07. The predicted molar refractivity (Wildman–Crippen MR) is 86.4 cm³/mol. The lowest BCUT2D eigenvalue weighted by Gasteiger charge is -2.32. The van der Waals surface area contributed by atoms with Crippen molar-refractivity contribution in [2.75, 3.05) is 13.1 Å². The zero-order valence-corrected chi connectivity index (χ0v) is 14.0. The predicted octanol–water partition coefficient (Wildman–Crippen LogP) is 3.34. The summed E-state index contributed by atoms with van der Waals surface area (Å²) >= 11 is 1.59. The fourth-order valence-corrected chi connectivity index (χ4v) is 4.74. The first kappa shape index (κ1) is 15.5. The second-order valence-electron chi connectivity index (χ2n) is 6.69. The van der Waals surface area contributed by atoms with Gasteiger partial charge >= 0.3 is 5.97 Å². The zero-order valence-electron chi connectivity index (χ0n) is 13.2. The van der Waals surface area contributed by atoms with Gasteiger partial charge in [0.25, 0.3) is 5.91 Å². The van der Waals surface area contributed by atoms with Gasteiger partial charge in [-0.3, -0.25) is 9.59 Å². The molecule has 4 nitrogen and oxygen atoms in total. The van der Waals surface area contributed by atoms with Crippen LogP contribution in [-0.4, -0.2) is 35.0 Å². The van der Waals surface area contributed by atoms with Crippen LogP contribution >= 0.6 is 11.3 Å². The van der Waals surface area contributed by atoms with Gasteiger partial charge in [-0.25, -0.2) is 0 Å². The summed E-state index contributed by atoms with van der Waals surface area (Å²) in [5.41, 5.74) is 1.28. The number of thiophene rings is 1. The normalized spacial score (nSPS) is 22.8. The number of carboxylic acid groups (broad SMARTS) is 1. The van der Waals surface area contributed by atoms with Crippen molar-refractivity contribution < 1.29 is 14.7 Å². The van der Waals surface area contributed by atoms with Crippen LogP contribution in [-0.2, 0) is 11.2 Å². The Hall–Kier alpha value is -1.36. The van der Waals surface area contributed by atoms with Gasteiger partial charge in [0.1, 0.15) is 0 Å². The Morgan fingerprint density at radius 1 is 1.41 bits per heavy atom. The van der Waals surface area contributed by atoms with Crippen molar-refractivity contribution >= 4 is 23.2 Å². The summed E-state index contributed by atoms with van der Waals surface area (Å²) in [5, 5.41) is 9.13. The largest absolute Gasteiger partial charge is 0.481 e. The number of carbonyl (C=O) groups excluding carboxylic acids is 1. The van der Waals surface area contributed by atoms with E-state index >= 15 is 0 Å². The second-order valence-corrected chi connectivity index (χ2v) is 7.95. The van der Waals surface area contributed by atoms with Crippen molar-refractivity contribution in [1.82, 2.24) is 4.90 Å². The molecular formula is C17H23NO3S. The SMILES string of the molecule is CCCc1cc(C(=O)N2CCC3(CC2)CC3C(=O)O)sc1C.